The zero-order chi connectivity index (χ0) is 15.1. The van der Waals surface area contributed by atoms with E-state index < -0.39 is 0 Å². The summed E-state index contributed by atoms with van der Waals surface area (Å²) < 4.78 is 5.71. The molecule has 1 aliphatic heterocycles. The largest absolute Gasteiger partial charge is 0.493 e. The first kappa shape index (κ1) is 15.6. The second-order valence-corrected chi connectivity index (χ2v) is 5.60. The number of ether oxygens (including phenoxy) is 1. The van der Waals surface area contributed by atoms with Crippen LogP contribution >= 0.6 is 0 Å². The zero-order valence-electron chi connectivity index (χ0n) is 13.0. The van der Waals surface area contributed by atoms with Gasteiger partial charge in [0.05, 0.1) is 6.61 Å². The van der Waals surface area contributed by atoms with E-state index in [1.807, 2.05) is 35.2 Å². The SMILES string of the molecule is CCCOc1ccccc1/C=C/C(=O)N1CCCCC1C. The molecule has 0 aliphatic carbocycles. The summed E-state index contributed by atoms with van der Waals surface area (Å²) in [4.78, 5) is 14.3. The van der Waals surface area contributed by atoms with Crippen LogP contribution in [-0.2, 0) is 4.79 Å². The van der Waals surface area contributed by atoms with Gasteiger partial charge in [0, 0.05) is 24.2 Å². The number of carbonyl (C=O) groups excluding carboxylic acids is 1. The molecule has 1 fully saturated rings. The van der Waals surface area contributed by atoms with Crippen LogP contribution in [0, 0.1) is 0 Å². The van der Waals surface area contributed by atoms with Crippen LogP contribution in [0.2, 0.25) is 0 Å². The van der Waals surface area contributed by atoms with E-state index in [2.05, 4.69) is 13.8 Å². The van der Waals surface area contributed by atoms with Crippen LogP contribution in [0.5, 0.6) is 5.75 Å². The second-order valence-electron chi connectivity index (χ2n) is 5.60. The first-order valence-electron chi connectivity index (χ1n) is 7.93. The average Bonchev–Trinajstić information content (AvgIpc) is 2.52. The van der Waals surface area contributed by atoms with Gasteiger partial charge in [-0.3, -0.25) is 4.79 Å². The maximum Gasteiger partial charge on any atom is 0.246 e. The van der Waals surface area contributed by atoms with Crippen LogP contribution in [-0.4, -0.2) is 30.0 Å². The van der Waals surface area contributed by atoms with Crippen molar-refractivity contribution in [2.24, 2.45) is 0 Å². The predicted molar refractivity (Wildman–Crippen MR) is 86.3 cm³/mol. The highest BCUT2D eigenvalue weighted by Crippen LogP contribution is 2.21. The number of hydrogen-bond acceptors (Lipinski definition) is 2. The molecule has 3 nitrogen and oxygen atoms in total. The lowest BCUT2D eigenvalue weighted by Gasteiger charge is -2.32. The summed E-state index contributed by atoms with van der Waals surface area (Å²) in [5, 5.41) is 0. The molecule has 2 rings (SSSR count). The third-order valence-corrected chi connectivity index (χ3v) is 3.87. The number of rotatable bonds is 5. The zero-order valence-corrected chi connectivity index (χ0v) is 13.0. The summed E-state index contributed by atoms with van der Waals surface area (Å²) in [7, 11) is 0. The van der Waals surface area contributed by atoms with Crippen molar-refractivity contribution in [2.75, 3.05) is 13.2 Å². The number of piperidine rings is 1. The van der Waals surface area contributed by atoms with E-state index in [1.165, 1.54) is 6.42 Å². The van der Waals surface area contributed by atoms with Crippen molar-refractivity contribution in [3.05, 3.63) is 35.9 Å². The Labute approximate surface area is 127 Å². The Balaban J connectivity index is 2.04. The average molecular weight is 287 g/mol. The number of amides is 1. The standard InChI is InChI=1S/C18H25NO2/c1-3-14-21-17-10-5-4-9-16(17)11-12-18(20)19-13-7-6-8-15(19)2/h4-5,9-12,15H,3,6-8,13-14H2,1-2H3/b12-11+. The van der Waals surface area contributed by atoms with Crippen LogP contribution in [0.25, 0.3) is 6.08 Å². The van der Waals surface area contributed by atoms with Gasteiger partial charge < -0.3 is 9.64 Å². The maximum atomic E-state index is 12.3. The normalized spacial score (nSPS) is 19.0. The second kappa shape index (κ2) is 7.87. The molecule has 0 bridgehead atoms. The highest BCUT2D eigenvalue weighted by Gasteiger charge is 2.21. The topological polar surface area (TPSA) is 29.5 Å². The van der Waals surface area contributed by atoms with E-state index in [1.54, 1.807) is 6.08 Å². The monoisotopic (exact) mass is 287 g/mol. The van der Waals surface area contributed by atoms with Gasteiger partial charge in [-0.25, -0.2) is 0 Å². The molecular weight excluding hydrogens is 262 g/mol. The maximum absolute atomic E-state index is 12.3. The van der Waals surface area contributed by atoms with E-state index in [0.717, 1.165) is 37.1 Å². The Bertz CT molecular complexity index is 496. The minimum absolute atomic E-state index is 0.104. The number of nitrogens with zero attached hydrogens (tertiary/aromatic N) is 1. The lowest BCUT2D eigenvalue weighted by atomic mass is 10.0. The number of benzene rings is 1. The van der Waals surface area contributed by atoms with Crippen LogP contribution in [0.3, 0.4) is 0 Å². The highest BCUT2D eigenvalue weighted by molar-refractivity contribution is 5.92. The van der Waals surface area contributed by atoms with Gasteiger partial charge in [-0.05, 0) is 44.7 Å². The molecule has 1 aromatic carbocycles. The van der Waals surface area contributed by atoms with Crippen molar-refractivity contribution >= 4 is 12.0 Å². The summed E-state index contributed by atoms with van der Waals surface area (Å²) in [6.07, 6.45) is 7.96. The Morgan fingerprint density at radius 1 is 1.38 bits per heavy atom. The highest BCUT2D eigenvalue weighted by atomic mass is 16.5. The predicted octanol–water partition coefficient (Wildman–Crippen LogP) is 3.89. The summed E-state index contributed by atoms with van der Waals surface area (Å²) in [5.41, 5.74) is 0.962. The van der Waals surface area contributed by atoms with Gasteiger partial charge in [-0.2, -0.15) is 0 Å². The van der Waals surface area contributed by atoms with Crippen molar-refractivity contribution in [3.8, 4) is 5.75 Å². The molecule has 0 saturated carbocycles. The number of carbonyl (C=O) groups is 1. The molecule has 1 aliphatic rings. The van der Waals surface area contributed by atoms with Crippen molar-refractivity contribution in [3.63, 3.8) is 0 Å². The quantitative estimate of drug-likeness (QED) is 0.769. The summed E-state index contributed by atoms with van der Waals surface area (Å²) >= 11 is 0. The van der Waals surface area contributed by atoms with Crippen molar-refractivity contribution in [1.82, 2.24) is 4.90 Å². The molecular formula is C18H25NO2. The van der Waals surface area contributed by atoms with E-state index in [4.69, 9.17) is 4.74 Å². The third-order valence-electron chi connectivity index (χ3n) is 3.87. The van der Waals surface area contributed by atoms with Crippen LogP contribution in [0.15, 0.2) is 30.3 Å². The first-order valence-corrected chi connectivity index (χ1v) is 7.93. The van der Waals surface area contributed by atoms with Crippen molar-refractivity contribution < 1.29 is 9.53 Å². The van der Waals surface area contributed by atoms with Crippen molar-refractivity contribution in [2.45, 2.75) is 45.6 Å². The van der Waals surface area contributed by atoms with E-state index in [9.17, 15) is 4.79 Å². The molecule has 0 aromatic heterocycles. The van der Waals surface area contributed by atoms with Gasteiger partial charge in [0.2, 0.25) is 5.91 Å². The van der Waals surface area contributed by atoms with Gasteiger partial charge in [0.15, 0.2) is 0 Å². The molecule has 21 heavy (non-hydrogen) atoms. The Morgan fingerprint density at radius 3 is 2.95 bits per heavy atom. The number of likely N-dealkylation sites (tertiary alicyclic amines) is 1. The molecule has 1 unspecified atom stereocenters. The van der Waals surface area contributed by atoms with Crippen LogP contribution < -0.4 is 4.74 Å². The van der Waals surface area contributed by atoms with Crippen LogP contribution in [0.1, 0.15) is 45.1 Å². The third kappa shape index (κ3) is 4.35. The molecule has 1 saturated heterocycles. The molecule has 1 aromatic rings. The lowest BCUT2D eigenvalue weighted by molar-refractivity contribution is -0.129. The fourth-order valence-corrected chi connectivity index (χ4v) is 2.64. The summed E-state index contributed by atoms with van der Waals surface area (Å²) in [5.74, 6) is 0.947. The van der Waals surface area contributed by atoms with Gasteiger partial charge in [-0.1, -0.05) is 25.1 Å². The Kier molecular flexibility index (Phi) is 5.85. The molecule has 1 heterocycles. The van der Waals surface area contributed by atoms with E-state index in [0.29, 0.717) is 12.6 Å². The summed E-state index contributed by atoms with van der Waals surface area (Å²) in [6, 6.07) is 8.20. The molecule has 1 amide bonds. The minimum atomic E-state index is 0.104. The molecule has 0 radical (unpaired) electrons. The van der Waals surface area contributed by atoms with Crippen LogP contribution in [0.4, 0.5) is 0 Å². The van der Waals surface area contributed by atoms with E-state index >= 15 is 0 Å². The van der Waals surface area contributed by atoms with Gasteiger partial charge in [0.1, 0.15) is 5.75 Å². The van der Waals surface area contributed by atoms with Gasteiger partial charge in [-0.15, -0.1) is 0 Å². The van der Waals surface area contributed by atoms with E-state index in [-0.39, 0.29) is 5.91 Å². The molecule has 114 valence electrons. The first-order chi connectivity index (χ1) is 10.2. The van der Waals surface area contributed by atoms with Crippen molar-refractivity contribution in [1.29, 1.82) is 0 Å². The lowest BCUT2D eigenvalue weighted by Crippen LogP contribution is -2.41. The fraction of sp³-hybridized carbons (Fsp3) is 0.500. The fourth-order valence-electron chi connectivity index (χ4n) is 2.64. The molecule has 0 spiro atoms. The van der Waals surface area contributed by atoms with Gasteiger partial charge in [0.25, 0.3) is 0 Å². The minimum Gasteiger partial charge on any atom is -0.493 e. The number of hydrogen-bond donors (Lipinski definition) is 0. The molecule has 0 N–H and O–H groups in total. The smallest absolute Gasteiger partial charge is 0.246 e. The summed E-state index contributed by atoms with van der Waals surface area (Å²) in [6.45, 7) is 5.78. The Hall–Kier alpha value is -1.77. The number of para-hydroxylation sites is 1. The molecule has 3 heteroatoms. The Morgan fingerprint density at radius 2 is 2.19 bits per heavy atom. The van der Waals surface area contributed by atoms with Gasteiger partial charge >= 0.3 is 0 Å². The molecule has 1 atom stereocenters.